The van der Waals surface area contributed by atoms with Crippen molar-refractivity contribution in [3.63, 3.8) is 0 Å². The van der Waals surface area contributed by atoms with Gasteiger partial charge in [0.15, 0.2) is 18.1 Å². The van der Waals surface area contributed by atoms with E-state index in [2.05, 4.69) is 0 Å². The maximum Gasteiger partial charge on any atom is 0.294 e. The minimum Gasteiger partial charge on any atom is -0.490 e. The molecule has 10 heteroatoms. The van der Waals surface area contributed by atoms with Crippen LogP contribution in [0, 0.1) is 0 Å². The molecule has 0 aromatic heterocycles. The van der Waals surface area contributed by atoms with Gasteiger partial charge in [0.05, 0.1) is 11.5 Å². The van der Waals surface area contributed by atoms with Crippen molar-refractivity contribution in [1.29, 1.82) is 0 Å². The molecule has 0 spiro atoms. The minimum atomic E-state index is -0.472. The molecule has 188 valence electrons. The Hall–Kier alpha value is -3.01. The van der Waals surface area contributed by atoms with E-state index in [0.717, 1.165) is 61.9 Å². The second-order valence-electron chi connectivity index (χ2n) is 8.73. The number of imide groups is 1. The number of likely N-dealkylation sites (tertiary alicyclic amines) is 2. The van der Waals surface area contributed by atoms with E-state index in [-0.39, 0.29) is 29.9 Å². The predicted molar refractivity (Wildman–Crippen MR) is 132 cm³/mol. The third-order valence-corrected chi connectivity index (χ3v) is 7.16. The number of ether oxygens (including phenoxy) is 2. The lowest BCUT2D eigenvalue weighted by atomic mass is 10.1. The summed E-state index contributed by atoms with van der Waals surface area (Å²) in [5, 5.41) is -0.447. The summed E-state index contributed by atoms with van der Waals surface area (Å²) in [6, 6.07) is 5.15. The average molecular weight is 502 g/mol. The molecule has 4 amide bonds. The number of carbonyl (C=O) groups excluding carboxylic acids is 4. The molecular weight excluding hydrogens is 470 g/mol. The molecule has 9 nitrogen and oxygen atoms in total. The van der Waals surface area contributed by atoms with Crippen LogP contribution in [0.5, 0.6) is 11.5 Å². The van der Waals surface area contributed by atoms with Gasteiger partial charge in [-0.15, -0.1) is 0 Å². The highest BCUT2D eigenvalue weighted by Crippen LogP contribution is 2.35. The molecule has 3 aliphatic heterocycles. The van der Waals surface area contributed by atoms with Crippen LogP contribution in [0.2, 0.25) is 0 Å². The molecule has 0 N–H and O–H groups in total. The van der Waals surface area contributed by atoms with Crippen molar-refractivity contribution in [2.45, 2.75) is 39.0 Å². The van der Waals surface area contributed by atoms with Gasteiger partial charge in [0.25, 0.3) is 17.1 Å². The van der Waals surface area contributed by atoms with Crippen LogP contribution in [0.25, 0.3) is 6.08 Å². The molecule has 3 aliphatic rings. The molecule has 3 heterocycles. The Morgan fingerprint density at radius 2 is 1.57 bits per heavy atom. The number of carbonyl (C=O) groups is 4. The van der Waals surface area contributed by atoms with Crippen LogP contribution in [-0.2, 0) is 14.4 Å². The maximum absolute atomic E-state index is 12.9. The first-order chi connectivity index (χ1) is 17.0. The zero-order chi connectivity index (χ0) is 24.8. The fourth-order valence-corrected chi connectivity index (χ4v) is 5.20. The third-order valence-electron chi connectivity index (χ3n) is 6.25. The fourth-order valence-electron chi connectivity index (χ4n) is 4.37. The van der Waals surface area contributed by atoms with Crippen molar-refractivity contribution in [1.82, 2.24) is 14.7 Å². The van der Waals surface area contributed by atoms with E-state index in [0.29, 0.717) is 36.8 Å². The number of benzene rings is 1. The van der Waals surface area contributed by atoms with Gasteiger partial charge in [-0.25, -0.2) is 0 Å². The van der Waals surface area contributed by atoms with Crippen LogP contribution >= 0.6 is 11.8 Å². The largest absolute Gasteiger partial charge is 0.490 e. The Labute approximate surface area is 209 Å². The molecule has 0 radical (unpaired) electrons. The summed E-state index contributed by atoms with van der Waals surface area (Å²) in [6.07, 6.45) is 6.63. The van der Waals surface area contributed by atoms with Crippen LogP contribution in [0.1, 0.15) is 44.6 Å². The van der Waals surface area contributed by atoms with E-state index in [1.807, 2.05) is 6.92 Å². The van der Waals surface area contributed by atoms with Gasteiger partial charge in [-0.05, 0) is 74.6 Å². The Bertz CT molecular complexity index is 1010. The first kappa shape index (κ1) is 25.1. The summed E-state index contributed by atoms with van der Waals surface area (Å²) in [7, 11) is 0. The van der Waals surface area contributed by atoms with Gasteiger partial charge in [0.1, 0.15) is 6.54 Å². The first-order valence-electron chi connectivity index (χ1n) is 12.2. The molecule has 1 aromatic carbocycles. The molecule has 3 saturated heterocycles. The zero-order valence-electron chi connectivity index (χ0n) is 20.0. The van der Waals surface area contributed by atoms with E-state index < -0.39 is 11.1 Å². The predicted octanol–water partition coefficient (Wildman–Crippen LogP) is 3.14. The summed E-state index contributed by atoms with van der Waals surface area (Å²) in [5.41, 5.74) is 0.652. The van der Waals surface area contributed by atoms with E-state index in [1.165, 1.54) is 0 Å². The van der Waals surface area contributed by atoms with Crippen molar-refractivity contribution >= 4 is 40.8 Å². The van der Waals surface area contributed by atoms with Gasteiger partial charge in [0.2, 0.25) is 5.91 Å². The molecule has 4 rings (SSSR count). The lowest BCUT2D eigenvalue weighted by molar-refractivity contribution is -0.136. The Morgan fingerprint density at radius 1 is 0.914 bits per heavy atom. The number of hydrogen-bond acceptors (Lipinski definition) is 7. The summed E-state index contributed by atoms with van der Waals surface area (Å²) in [6.45, 7) is 4.81. The quantitative estimate of drug-likeness (QED) is 0.505. The SMILES string of the molecule is CCOc1cc(/C=C2\SC(=O)N(CC(=O)N3CCCCC3)C2=O)ccc1OCC(=O)N1CCCC1. The number of hydrogen-bond donors (Lipinski definition) is 0. The smallest absolute Gasteiger partial charge is 0.294 e. The molecule has 0 atom stereocenters. The van der Waals surface area contributed by atoms with Gasteiger partial charge < -0.3 is 19.3 Å². The third kappa shape index (κ3) is 6.17. The van der Waals surface area contributed by atoms with Crippen molar-refractivity contribution in [3.8, 4) is 11.5 Å². The van der Waals surface area contributed by atoms with Gasteiger partial charge >= 0.3 is 0 Å². The lowest BCUT2D eigenvalue weighted by Gasteiger charge is -2.27. The Balaban J connectivity index is 1.42. The monoisotopic (exact) mass is 501 g/mol. The number of rotatable bonds is 8. The van der Waals surface area contributed by atoms with E-state index in [4.69, 9.17) is 9.47 Å². The van der Waals surface area contributed by atoms with Crippen LogP contribution in [-0.4, -0.2) is 83.6 Å². The molecule has 3 fully saturated rings. The second kappa shape index (κ2) is 11.6. The fraction of sp³-hybridized carbons (Fsp3) is 0.520. The van der Waals surface area contributed by atoms with Crippen molar-refractivity contribution in [3.05, 3.63) is 28.7 Å². The highest BCUT2D eigenvalue weighted by atomic mass is 32.2. The molecule has 35 heavy (non-hydrogen) atoms. The van der Waals surface area contributed by atoms with E-state index in [1.54, 1.807) is 34.1 Å². The van der Waals surface area contributed by atoms with Crippen LogP contribution in [0.3, 0.4) is 0 Å². The Kier molecular flexibility index (Phi) is 8.33. The van der Waals surface area contributed by atoms with Gasteiger partial charge in [-0.2, -0.15) is 0 Å². The van der Waals surface area contributed by atoms with Crippen LogP contribution in [0.15, 0.2) is 23.1 Å². The molecule has 0 saturated carbocycles. The lowest BCUT2D eigenvalue weighted by Crippen LogP contribution is -2.44. The molecule has 0 unspecified atom stereocenters. The molecular formula is C25H31N3O6S. The zero-order valence-corrected chi connectivity index (χ0v) is 20.8. The highest BCUT2D eigenvalue weighted by molar-refractivity contribution is 8.18. The van der Waals surface area contributed by atoms with E-state index in [9.17, 15) is 19.2 Å². The Morgan fingerprint density at radius 3 is 2.26 bits per heavy atom. The van der Waals surface area contributed by atoms with Crippen LogP contribution < -0.4 is 9.47 Å². The summed E-state index contributed by atoms with van der Waals surface area (Å²) in [5.74, 6) is 0.172. The normalized spacial score (nSPS) is 19.6. The highest BCUT2D eigenvalue weighted by Gasteiger charge is 2.37. The number of nitrogens with zero attached hydrogens (tertiary/aromatic N) is 3. The molecule has 0 aliphatic carbocycles. The average Bonchev–Trinajstić information content (AvgIpc) is 3.49. The number of thioether (sulfide) groups is 1. The molecule has 0 bridgehead atoms. The number of amides is 4. The summed E-state index contributed by atoms with van der Waals surface area (Å²) >= 11 is 0.823. The van der Waals surface area contributed by atoms with E-state index >= 15 is 0 Å². The minimum absolute atomic E-state index is 0.0539. The van der Waals surface area contributed by atoms with Crippen molar-refractivity contribution in [2.24, 2.45) is 0 Å². The van der Waals surface area contributed by atoms with Gasteiger partial charge in [-0.3, -0.25) is 24.1 Å². The number of piperidine rings is 1. The topological polar surface area (TPSA) is 96.5 Å². The molecule has 1 aromatic rings. The first-order valence-corrected chi connectivity index (χ1v) is 13.0. The van der Waals surface area contributed by atoms with Gasteiger partial charge in [0, 0.05) is 26.2 Å². The van der Waals surface area contributed by atoms with Crippen molar-refractivity contribution < 1.29 is 28.7 Å². The van der Waals surface area contributed by atoms with Crippen LogP contribution in [0.4, 0.5) is 4.79 Å². The standard InChI is InChI=1S/C25H31N3O6S/c1-2-33-20-14-18(8-9-19(20)34-17-23(30)27-12-6-7-13-27)15-21-24(31)28(25(32)35-21)16-22(29)26-10-4-3-5-11-26/h8-9,14-15H,2-7,10-13,16-17H2,1H3/b21-15-. The van der Waals surface area contributed by atoms with Gasteiger partial charge in [-0.1, -0.05) is 6.07 Å². The van der Waals surface area contributed by atoms with Crippen molar-refractivity contribution in [2.75, 3.05) is 45.9 Å². The summed E-state index contributed by atoms with van der Waals surface area (Å²) < 4.78 is 11.4. The maximum atomic E-state index is 12.9. The summed E-state index contributed by atoms with van der Waals surface area (Å²) in [4.78, 5) is 55.0. The second-order valence-corrected chi connectivity index (χ2v) is 9.72.